The molecule has 1 fully saturated rings. The average Bonchev–Trinajstić information content (AvgIpc) is 2.47. The van der Waals surface area contributed by atoms with Crippen molar-refractivity contribution in [3.8, 4) is 0 Å². The first kappa shape index (κ1) is 10.8. The molecule has 3 amide bonds. The topological polar surface area (TPSA) is 86.7 Å². The van der Waals surface area contributed by atoms with Crippen LogP contribution in [-0.4, -0.2) is 46.3 Å². The Kier molecular flexibility index (Phi) is 3.34. The van der Waals surface area contributed by atoms with Crippen molar-refractivity contribution in [2.24, 2.45) is 0 Å². The molecule has 78 valence electrons. The van der Waals surface area contributed by atoms with E-state index in [2.05, 4.69) is 17.9 Å². The second-order valence-electron chi connectivity index (χ2n) is 2.78. The predicted octanol–water partition coefficient (Wildman–Crippen LogP) is -0.689. The fraction of sp³-hybridized carbons (Fsp3) is 0.571. The minimum atomic E-state index is -1.18. The fourth-order valence-electron chi connectivity index (χ4n) is 1.20. The molecule has 1 heterocycles. The van der Waals surface area contributed by atoms with Crippen LogP contribution in [0.4, 0.5) is 4.79 Å². The number of carbonyl (C=O) groups is 3. The zero-order chi connectivity index (χ0) is 10.7. The number of nitrogens with one attached hydrogen (secondary N) is 1. The third kappa shape index (κ3) is 1.98. The highest BCUT2D eigenvalue weighted by Gasteiger charge is 2.39. The molecule has 0 aromatic heterocycles. The first-order valence-corrected chi connectivity index (χ1v) is 4.64. The number of carboxylic acid groups (broad SMARTS) is 1. The van der Waals surface area contributed by atoms with Crippen LogP contribution in [0.3, 0.4) is 0 Å². The lowest BCUT2D eigenvalue weighted by Gasteiger charge is -2.16. The van der Waals surface area contributed by atoms with E-state index in [1.165, 1.54) is 0 Å². The summed E-state index contributed by atoms with van der Waals surface area (Å²) in [5, 5.41) is 11.0. The molecule has 0 bridgehead atoms. The molecular weight excluding hydrogens is 208 g/mol. The molecule has 1 rings (SSSR count). The number of urea groups is 1. The van der Waals surface area contributed by atoms with Crippen LogP contribution in [0.1, 0.15) is 6.42 Å². The number of carbonyl (C=O) groups excluding carboxylic acids is 2. The molecule has 0 aromatic carbocycles. The van der Waals surface area contributed by atoms with Gasteiger partial charge in [0.15, 0.2) is 6.04 Å². The number of rotatable bonds is 3. The molecule has 2 N–H and O–H groups in total. The van der Waals surface area contributed by atoms with Gasteiger partial charge in [0.25, 0.3) is 0 Å². The first-order chi connectivity index (χ1) is 6.57. The monoisotopic (exact) mass is 218 g/mol. The van der Waals surface area contributed by atoms with Gasteiger partial charge in [0.05, 0.1) is 6.54 Å². The number of hydrogen-bond acceptors (Lipinski definition) is 4. The summed E-state index contributed by atoms with van der Waals surface area (Å²) in [4.78, 5) is 33.8. The van der Waals surface area contributed by atoms with Crippen molar-refractivity contribution in [3.05, 3.63) is 0 Å². The molecule has 6 nitrogen and oxygen atoms in total. The smallest absolute Gasteiger partial charge is 0.328 e. The maximum atomic E-state index is 11.3. The fourth-order valence-corrected chi connectivity index (χ4v) is 1.39. The van der Waals surface area contributed by atoms with Gasteiger partial charge in [-0.1, -0.05) is 0 Å². The zero-order valence-electron chi connectivity index (χ0n) is 7.27. The summed E-state index contributed by atoms with van der Waals surface area (Å²) in [5.74, 6) is -1.41. The van der Waals surface area contributed by atoms with Gasteiger partial charge in [0, 0.05) is 6.42 Å². The van der Waals surface area contributed by atoms with Crippen LogP contribution in [0.15, 0.2) is 0 Å². The van der Waals surface area contributed by atoms with Crippen molar-refractivity contribution in [2.75, 3.05) is 12.3 Å². The number of carboxylic acids is 1. The van der Waals surface area contributed by atoms with Gasteiger partial charge in [0.2, 0.25) is 5.91 Å². The number of aliphatic carboxylic acids is 1. The van der Waals surface area contributed by atoms with Crippen molar-refractivity contribution < 1.29 is 19.5 Å². The third-order valence-corrected chi connectivity index (χ3v) is 2.08. The van der Waals surface area contributed by atoms with E-state index < -0.39 is 23.9 Å². The second-order valence-corrected chi connectivity index (χ2v) is 3.22. The summed E-state index contributed by atoms with van der Waals surface area (Å²) in [6.45, 7) is -0.0352. The van der Waals surface area contributed by atoms with Crippen molar-refractivity contribution in [2.45, 2.75) is 12.5 Å². The Balaban J connectivity index is 2.76. The Morgan fingerprint density at radius 3 is 2.79 bits per heavy atom. The summed E-state index contributed by atoms with van der Waals surface area (Å²) in [6.07, 6.45) is 0.0559. The molecule has 14 heavy (non-hydrogen) atoms. The second kappa shape index (κ2) is 4.32. The number of imide groups is 1. The van der Waals surface area contributed by atoms with Crippen LogP contribution in [0.2, 0.25) is 0 Å². The van der Waals surface area contributed by atoms with Gasteiger partial charge in [-0.05, 0) is 5.75 Å². The van der Waals surface area contributed by atoms with Crippen LogP contribution in [-0.2, 0) is 9.59 Å². The van der Waals surface area contributed by atoms with Gasteiger partial charge >= 0.3 is 12.0 Å². The van der Waals surface area contributed by atoms with E-state index in [4.69, 9.17) is 5.11 Å². The molecule has 1 atom stereocenters. The van der Waals surface area contributed by atoms with Gasteiger partial charge in [0.1, 0.15) is 0 Å². The summed E-state index contributed by atoms with van der Waals surface area (Å²) >= 11 is 3.84. The van der Waals surface area contributed by atoms with E-state index in [9.17, 15) is 14.4 Å². The van der Waals surface area contributed by atoms with Crippen LogP contribution < -0.4 is 5.32 Å². The quantitative estimate of drug-likeness (QED) is 0.547. The van der Waals surface area contributed by atoms with E-state index in [-0.39, 0.29) is 18.7 Å². The maximum Gasteiger partial charge on any atom is 0.328 e. The lowest BCUT2D eigenvalue weighted by Crippen LogP contribution is -2.43. The first-order valence-electron chi connectivity index (χ1n) is 4.01. The predicted molar refractivity (Wildman–Crippen MR) is 50.1 cm³/mol. The highest BCUT2D eigenvalue weighted by atomic mass is 32.1. The van der Waals surface area contributed by atoms with Gasteiger partial charge in [-0.15, -0.1) is 0 Å². The molecule has 0 aliphatic carbocycles. The molecule has 0 aromatic rings. The van der Waals surface area contributed by atoms with E-state index in [0.717, 1.165) is 4.90 Å². The van der Waals surface area contributed by atoms with E-state index >= 15 is 0 Å². The largest absolute Gasteiger partial charge is 0.480 e. The lowest BCUT2D eigenvalue weighted by molar-refractivity contribution is -0.145. The van der Waals surface area contributed by atoms with Gasteiger partial charge in [-0.3, -0.25) is 4.79 Å². The van der Waals surface area contributed by atoms with E-state index in [0.29, 0.717) is 0 Å². The zero-order valence-corrected chi connectivity index (χ0v) is 8.16. The Labute approximate surface area is 85.7 Å². The minimum Gasteiger partial charge on any atom is -0.480 e. The molecule has 7 heteroatoms. The number of amides is 3. The molecule has 1 aliphatic heterocycles. The molecule has 1 saturated heterocycles. The van der Waals surface area contributed by atoms with E-state index in [1.54, 1.807) is 0 Å². The van der Waals surface area contributed by atoms with Crippen molar-refractivity contribution in [1.82, 2.24) is 10.2 Å². The maximum absolute atomic E-state index is 11.3. The molecule has 1 unspecified atom stereocenters. The lowest BCUT2D eigenvalue weighted by atomic mass is 10.2. The standard InChI is InChI=1S/C7H10N2O4S/c10-5(1-2-14)9-4(6(11)12)3-8-7(9)13/h4,14H,1-3H2,(H,8,13)(H,11,12). The highest BCUT2D eigenvalue weighted by Crippen LogP contribution is 2.09. The molecule has 0 spiro atoms. The number of thiol groups is 1. The molecule has 0 radical (unpaired) electrons. The summed E-state index contributed by atoms with van der Waals surface area (Å²) in [6, 6.07) is -1.74. The highest BCUT2D eigenvalue weighted by molar-refractivity contribution is 7.80. The third-order valence-electron chi connectivity index (χ3n) is 1.86. The average molecular weight is 218 g/mol. The minimum absolute atomic E-state index is 0.0352. The number of hydrogen-bond donors (Lipinski definition) is 3. The van der Waals surface area contributed by atoms with Crippen LogP contribution >= 0.6 is 12.6 Å². The van der Waals surface area contributed by atoms with Gasteiger partial charge in [-0.2, -0.15) is 12.6 Å². The SMILES string of the molecule is O=C(O)C1CNC(=O)N1C(=O)CCS. The Bertz CT molecular complexity index is 281. The van der Waals surface area contributed by atoms with Crippen LogP contribution in [0.25, 0.3) is 0 Å². The summed E-state index contributed by atoms with van der Waals surface area (Å²) in [7, 11) is 0. The Morgan fingerprint density at radius 2 is 2.29 bits per heavy atom. The summed E-state index contributed by atoms with van der Waals surface area (Å²) in [5.41, 5.74) is 0. The molecule has 0 saturated carbocycles. The normalized spacial score (nSPS) is 20.8. The van der Waals surface area contributed by atoms with Crippen molar-refractivity contribution >= 4 is 30.5 Å². The van der Waals surface area contributed by atoms with Gasteiger partial charge in [-0.25, -0.2) is 14.5 Å². The molecule has 1 aliphatic rings. The van der Waals surface area contributed by atoms with Crippen LogP contribution in [0, 0.1) is 0 Å². The molecular formula is C7H10N2O4S. The Morgan fingerprint density at radius 1 is 1.64 bits per heavy atom. The summed E-state index contributed by atoms with van der Waals surface area (Å²) < 4.78 is 0. The van der Waals surface area contributed by atoms with Crippen LogP contribution in [0.5, 0.6) is 0 Å². The number of nitrogens with zero attached hydrogens (tertiary/aromatic N) is 1. The Hall–Kier alpha value is -1.24. The van der Waals surface area contributed by atoms with Crippen molar-refractivity contribution in [3.63, 3.8) is 0 Å². The van der Waals surface area contributed by atoms with E-state index in [1.807, 2.05) is 0 Å². The van der Waals surface area contributed by atoms with Gasteiger partial charge < -0.3 is 10.4 Å². The van der Waals surface area contributed by atoms with Crippen molar-refractivity contribution in [1.29, 1.82) is 0 Å².